The summed E-state index contributed by atoms with van der Waals surface area (Å²) >= 11 is 0. The molecule has 0 radical (unpaired) electrons. The number of hydrogen-bond donors (Lipinski definition) is 0. The summed E-state index contributed by atoms with van der Waals surface area (Å²) in [7, 11) is 0. The van der Waals surface area contributed by atoms with E-state index < -0.39 is 0 Å². The van der Waals surface area contributed by atoms with Crippen molar-refractivity contribution < 1.29 is 0 Å². The lowest BCUT2D eigenvalue weighted by Gasteiger charge is -2.13. The molecule has 5 aromatic carbocycles. The predicted octanol–water partition coefficient (Wildman–Crippen LogP) is 8.55. The summed E-state index contributed by atoms with van der Waals surface area (Å²) in [6, 6.07) is 36.7. The Hall–Kier alpha value is -4.50. The molecule has 3 nitrogen and oxygen atoms in total. The fourth-order valence-electron chi connectivity index (χ4n) is 5.50. The molecule has 0 atom stereocenters. The van der Waals surface area contributed by atoms with Crippen LogP contribution < -0.4 is 0 Å². The maximum atomic E-state index is 5.17. The zero-order valence-corrected chi connectivity index (χ0v) is 20.4. The van der Waals surface area contributed by atoms with Crippen LogP contribution in [0.1, 0.15) is 12.5 Å². The molecule has 7 rings (SSSR count). The number of rotatable bonds is 3. The van der Waals surface area contributed by atoms with Crippen LogP contribution in [0.15, 0.2) is 103 Å². The monoisotopic (exact) mass is 463 g/mol. The van der Waals surface area contributed by atoms with Crippen molar-refractivity contribution in [2.45, 2.75) is 20.4 Å². The zero-order chi connectivity index (χ0) is 24.2. The summed E-state index contributed by atoms with van der Waals surface area (Å²) in [5.74, 6) is 1.00. The van der Waals surface area contributed by atoms with Crippen molar-refractivity contribution in [3.63, 3.8) is 0 Å². The van der Waals surface area contributed by atoms with Gasteiger partial charge in [0.05, 0.1) is 22.2 Å². The SMILES string of the molecule is CCn1c(-c2ccc(-c3nc4ccc(C)cc4c4c3ccc3ccccc34)cc2)nc2ccccc21. The molecule has 3 heteroatoms. The summed E-state index contributed by atoms with van der Waals surface area (Å²) in [5.41, 5.74) is 7.71. The highest BCUT2D eigenvalue weighted by Crippen LogP contribution is 2.38. The minimum absolute atomic E-state index is 0.876. The Morgan fingerprint density at radius 3 is 2.28 bits per heavy atom. The Morgan fingerprint density at radius 1 is 0.639 bits per heavy atom. The highest BCUT2D eigenvalue weighted by Gasteiger charge is 2.15. The van der Waals surface area contributed by atoms with Gasteiger partial charge in [-0.25, -0.2) is 9.97 Å². The second-order valence-electron chi connectivity index (χ2n) is 9.44. The van der Waals surface area contributed by atoms with Gasteiger partial charge in [-0.1, -0.05) is 84.4 Å². The maximum absolute atomic E-state index is 5.17. The average Bonchev–Trinajstić information content (AvgIpc) is 3.31. The van der Waals surface area contributed by atoms with Crippen LogP contribution >= 0.6 is 0 Å². The molecule has 7 aromatic rings. The van der Waals surface area contributed by atoms with E-state index in [0.717, 1.165) is 40.2 Å². The Labute approximate surface area is 209 Å². The molecule has 0 spiro atoms. The summed E-state index contributed by atoms with van der Waals surface area (Å²) < 4.78 is 2.28. The lowest BCUT2D eigenvalue weighted by atomic mass is 9.94. The summed E-state index contributed by atoms with van der Waals surface area (Å²) in [5, 5.41) is 6.18. The van der Waals surface area contributed by atoms with E-state index in [9.17, 15) is 0 Å². The summed E-state index contributed by atoms with van der Waals surface area (Å²) in [6.45, 7) is 5.19. The highest BCUT2D eigenvalue weighted by molar-refractivity contribution is 6.22. The molecular weight excluding hydrogens is 438 g/mol. The van der Waals surface area contributed by atoms with E-state index in [1.165, 1.54) is 38.0 Å². The largest absolute Gasteiger partial charge is 0.324 e. The van der Waals surface area contributed by atoms with Gasteiger partial charge in [0.1, 0.15) is 5.82 Å². The van der Waals surface area contributed by atoms with E-state index in [1.807, 2.05) is 6.07 Å². The molecule has 36 heavy (non-hydrogen) atoms. The number of para-hydroxylation sites is 2. The minimum Gasteiger partial charge on any atom is -0.324 e. The lowest BCUT2D eigenvalue weighted by molar-refractivity contribution is 0.796. The first-order valence-corrected chi connectivity index (χ1v) is 12.5. The first-order chi connectivity index (χ1) is 17.7. The third kappa shape index (κ3) is 3.13. The highest BCUT2D eigenvalue weighted by atomic mass is 15.1. The van der Waals surface area contributed by atoms with Crippen molar-refractivity contribution in [2.24, 2.45) is 0 Å². The van der Waals surface area contributed by atoms with Crippen molar-refractivity contribution in [2.75, 3.05) is 0 Å². The van der Waals surface area contributed by atoms with Crippen LogP contribution in [0, 0.1) is 6.92 Å². The van der Waals surface area contributed by atoms with Crippen molar-refractivity contribution >= 4 is 43.5 Å². The number of fused-ring (bicyclic) bond motifs is 6. The number of nitrogens with zero attached hydrogens (tertiary/aromatic N) is 3. The van der Waals surface area contributed by atoms with Crippen molar-refractivity contribution in [3.05, 3.63) is 109 Å². The Kier molecular flexibility index (Phi) is 4.65. The number of pyridine rings is 1. The molecule has 0 saturated carbocycles. The Morgan fingerprint density at radius 2 is 1.42 bits per heavy atom. The first-order valence-electron chi connectivity index (χ1n) is 12.5. The van der Waals surface area contributed by atoms with Crippen LogP contribution in [-0.4, -0.2) is 14.5 Å². The number of imidazole rings is 1. The molecule has 172 valence electrons. The van der Waals surface area contributed by atoms with E-state index in [0.29, 0.717) is 0 Å². The van der Waals surface area contributed by atoms with E-state index >= 15 is 0 Å². The van der Waals surface area contributed by atoms with Crippen molar-refractivity contribution in [3.8, 4) is 22.6 Å². The molecular formula is C33H25N3. The third-order valence-corrected chi connectivity index (χ3v) is 7.23. The molecule has 0 fully saturated rings. The van der Waals surface area contributed by atoms with Gasteiger partial charge < -0.3 is 4.57 Å². The molecule has 0 unspecified atom stereocenters. The molecule has 2 heterocycles. The normalized spacial score (nSPS) is 11.7. The molecule has 2 aromatic heterocycles. The smallest absolute Gasteiger partial charge is 0.141 e. The first kappa shape index (κ1) is 20.8. The molecule has 0 aliphatic heterocycles. The lowest BCUT2D eigenvalue weighted by Crippen LogP contribution is -1.97. The van der Waals surface area contributed by atoms with Gasteiger partial charge in [0, 0.05) is 33.8 Å². The molecule has 0 N–H and O–H groups in total. The molecule has 0 aliphatic rings. The molecule has 0 amide bonds. The zero-order valence-electron chi connectivity index (χ0n) is 20.4. The van der Waals surface area contributed by atoms with Gasteiger partial charge in [-0.05, 0) is 48.9 Å². The van der Waals surface area contributed by atoms with E-state index in [1.54, 1.807) is 0 Å². The van der Waals surface area contributed by atoms with Crippen LogP contribution in [0.4, 0.5) is 0 Å². The van der Waals surface area contributed by atoms with E-state index in [-0.39, 0.29) is 0 Å². The maximum Gasteiger partial charge on any atom is 0.141 e. The van der Waals surface area contributed by atoms with E-state index in [2.05, 4.69) is 115 Å². The van der Waals surface area contributed by atoms with E-state index in [4.69, 9.17) is 9.97 Å². The number of aryl methyl sites for hydroxylation is 2. The second-order valence-corrected chi connectivity index (χ2v) is 9.44. The molecule has 0 saturated heterocycles. The standard InChI is InChI=1S/C33H25N3/c1-3-36-30-11-7-6-10-29(30)35-33(36)24-15-13-23(14-16-24)32-26-18-17-22-8-4-5-9-25(22)31(26)27-20-21(2)12-19-28(27)34-32/h4-20H,3H2,1-2H3. The van der Waals surface area contributed by atoms with Gasteiger partial charge in [0.2, 0.25) is 0 Å². The van der Waals surface area contributed by atoms with Crippen LogP contribution in [0.25, 0.3) is 66.1 Å². The van der Waals surface area contributed by atoms with Crippen LogP contribution in [-0.2, 0) is 6.54 Å². The summed E-state index contributed by atoms with van der Waals surface area (Å²) in [4.78, 5) is 10.1. The minimum atomic E-state index is 0.876. The van der Waals surface area contributed by atoms with Crippen molar-refractivity contribution in [1.82, 2.24) is 14.5 Å². The van der Waals surface area contributed by atoms with Gasteiger partial charge in [-0.2, -0.15) is 0 Å². The molecule has 0 bridgehead atoms. The third-order valence-electron chi connectivity index (χ3n) is 7.23. The fourth-order valence-corrected chi connectivity index (χ4v) is 5.50. The Bertz CT molecular complexity index is 1930. The van der Waals surface area contributed by atoms with Gasteiger partial charge >= 0.3 is 0 Å². The number of benzene rings is 5. The average molecular weight is 464 g/mol. The molecule has 0 aliphatic carbocycles. The van der Waals surface area contributed by atoms with Crippen LogP contribution in [0.5, 0.6) is 0 Å². The van der Waals surface area contributed by atoms with Gasteiger partial charge in [-0.15, -0.1) is 0 Å². The second kappa shape index (κ2) is 8.03. The van der Waals surface area contributed by atoms with Gasteiger partial charge in [0.15, 0.2) is 0 Å². The van der Waals surface area contributed by atoms with Crippen molar-refractivity contribution in [1.29, 1.82) is 0 Å². The number of hydrogen-bond acceptors (Lipinski definition) is 2. The Balaban J connectivity index is 1.45. The number of aromatic nitrogens is 3. The van der Waals surface area contributed by atoms with Gasteiger partial charge in [-0.3, -0.25) is 0 Å². The summed E-state index contributed by atoms with van der Waals surface area (Å²) in [6.07, 6.45) is 0. The quantitative estimate of drug-likeness (QED) is 0.246. The van der Waals surface area contributed by atoms with Crippen LogP contribution in [0.2, 0.25) is 0 Å². The van der Waals surface area contributed by atoms with Crippen LogP contribution in [0.3, 0.4) is 0 Å². The predicted molar refractivity (Wildman–Crippen MR) is 151 cm³/mol. The van der Waals surface area contributed by atoms with Gasteiger partial charge in [0.25, 0.3) is 0 Å². The topological polar surface area (TPSA) is 30.7 Å². The fraction of sp³-hybridized carbons (Fsp3) is 0.0909.